The van der Waals surface area contributed by atoms with Crippen LogP contribution in [0.25, 0.3) is 0 Å². The molecule has 0 atom stereocenters. The molecule has 0 aliphatic rings. The molecule has 0 aliphatic carbocycles. The summed E-state index contributed by atoms with van der Waals surface area (Å²) in [6.07, 6.45) is 0. The summed E-state index contributed by atoms with van der Waals surface area (Å²) in [7, 11) is 0. The number of benzene rings is 1. The summed E-state index contributed by atoms with van der Waals surface area (Å²) in [5, 5.41) is 9.93. The van der Waals surface area contributed by atoms with Crippen molar-refractivity contribution < 1.29 is 26.9 Å². The molecule has 1 aromatic carbocycles. The Labute approximate surface area is 72.9 Å². The van der Waals surface area contributed by atoms with Crippen LogP contribution in [0.3, 0.4) is 0 Å². The Morgan fingerprint density at radius 1 is 0.786 bits per heavy atom. The number of nitrogens with zero attached hydrogens (tertiary/aromatic N) is 1. The highest BCUT2D eigenvalue weighted by Crippen LogP contribution is 2.28. The molecule has 0 N–H and O–H groups in total. The summed E-state index contributed by atoms with van der Waals surface area (Å²) in [6, 6.07) is 0. The van der Waals surface area contributed by atoms with Crippen LogP contribution in [0.1, 0.15) is 0 Å². The van der Waals surface area contributed by atoms with Crippen molar-refractivity contribution in [1.29, 1.82) is 0 Å². The van der Waals surface area contributed by atoms with E-state index in [1.807, 2.05) is 0 Å². The molecule has 0 radical (unpaired) electrons. The van der Waals surface area contributed by atoms with Crippen LogP contribution in [-0.4, -0.2) is 4.92 Å². The second-order valence-electron chi connectivity index (χ2n) is 2.18. The molecule has 0 amide bonds. The van der Waals surface area contributed by atoms with Crippen molar-refractivity contribution in [2.75, 3.05) is 0 Å². The molecule has 0 fully saturated rings. The van der Waals surface area contributed by atoms with Crippen LogP contribution in [0.2, 0.25) is 0 Å². The highest BCUT2D eigenvalue weighted by Gasteiger charge is 2.33. The summed E-state index contributed by atoms with van der Waals surface area (Å²) in [5.74, 6) is -12.0. The van der Waals surface area contributed by atoms with Crippen LogP contribution < -0.4 is 0 Å². The zero-order valence-corrected chi connectivity index (χ0v) is 6.15. The van der Waals surface area contributed by atoms with Gasteiger partial charge in [0.1, 0.15) is 0 Å². The maximum absolute atomic E-state index is 12.5. The van der Waals surface area contributed by atoms with Crippen LogP contribution in [0.15, 0.2) is 0 Å². The first kappa shape index (κ1) is 10.4. The molecule has 0 unspecified atom stereocenters. The van der Waals surface area contributed by atoms with Gasteiger partial charge in [0, 0.05) is 0 Å². The van der Waals surface area contributed by atoms with Gasteiger partial charge in [-0.3, -0.25) is 10.1 Å². The molecule has 14 heavy (non-hydrogen) atoms. The van der Waals surface area contributed by atoms with Gasteiger partial charge in [0.2, 0.25) is 29.1 Å². The summed E-state index contributed by atoms with van der Waals surface area (Å²) < 4.78 is 61.9. The van der Waals surface area contributed by atoms with E-state index < -0.39 is 39.7 Å². The number of halogens is 5. The van der Waals surface area contributed by atoms with E-state index in [1.165, 1.54) is 0 Å². The van der Waals surface area contributed by atoms with E-state index in [2.05, 4.69) is 0 Å². The van der Waals surface area contributed by atoms with Gasteiger partial charge in [-0.05, 0) is 0 Å². The van der Waals surface area contributed by atoms with Gasteiger partial charge in [-0.2, -0.15) is 8.78 Å². The SMILES string of the molecule is O=[15N+]([O-])c1c(F)c(F)c(F)c(F)c1F. The zero-order chi connectivity index (χ0) is 11.0. The van der Waals surface area contributed by atoms with Crippen LogP contribution in [0, 0.1) is 39.2 Å². The van der Waals surface area contributed by atoms with Crippen molar-refractivity contribution in [1.82, 2.24) is 0 Å². The summed E-state index contributed by atoms with van der Waals surface area (Å²) >= 11 is 0. The van der Waals surface area contributed by atoms with Crippen LogP contribution in [0.5, 0.6) is 0 Å². The van der Waals surface area contributed by atoms with Gasteiger partial charge in [0.05, 0.1) is 4.92 Å². The Morgan fingerprint density at radius 2 is 1.07 bits per heavy atom. The van der Waals surface area contributed by atoms with Crippen LogP contribution >= 0.6 is 0 Å². The quantitative estimate of drug-likeness (QED) is 0.180. The fourth-order valence-corrected chi connectivity index (χ4v) is 0.754. The van der Waals surface area contributed by atoms with Crippen molar-refractivity contribution in [2.45, 2.75) is 0 Å². The number of hydrogen-bond donors (Lipinski definition) is 0. The van der Waals surface area contributed by atoms with Gasteiger partial charge in [-0.15, -0.1) is 0 Å². The predicted molar refractivity (Wildman–Crippen MR) is 32.9 cm³/mol. The molecule has 0 spiro atoms. The first-order valence-corrected chi connectivity index (χ1v) is 3.03. The lowest BCUT2D eigenvalue weighted by Crippen LogP contribution is -2.06. The lowest BCUT2D eigenvalue weighted by atomic mass is 10.2. The Kier molecular flexibility index (Phi) is 2.37. The monoisotopic (exact) mass is 214 g/mol. The molecular weight excluding hydrogens is 214 g/mol. The third kappa shape index (κ3) is 1.28. The second kappa shape index (κ2) is 3.20. The standard InChI is InChI=1S/C6F5NO2/c7-1-2(8)4(10)6(12(13)14)5(11)3(1)9/i12+1. The molecule has 76 valence electrons. The van der Waals surface area contributed by atoms with E-state index in [1.54, 1.807) is 0 Å². The molecule has 0 saturated carbocycles. The molecule has 0 saturated heterocycles. The maximum atomic E-state index is 12.5. The minimum Gasteiger partial charge on any atom is -0.258 e. The van der Waals surface area contributed by atoms with E-state index in [4.69, 9.17) is 0 Å². The van der Waals surface area contributed by atoms with Gasteiger partial charge >= 0.3 is 5.69 Å². The van der Waals surface area contributed by atoms with Crippen molar-refractivity contribution in [3.8, 4) is 0 Å². The average Bonchev–Trinajstić information content (AvgIpc) is 2.11. The Bertz CT molecular complexity index is 390. The van der Waals surface area contributed by atoms with Crippen molar-refractivity contribution in [3.63, 3.8) is 0 Å². The number of hydrogen-bond acceptors (Lipinski definition) is 2. The lowest BCUT2D eigenvalue weighted by molar-refractivity contribution is -0.390. The first-order chi connectivity index (χ1) is 6.37. The van der Waals surface area contributed by atoms with E-state index in [0.29, 0.717) is 0 Å². The molecule has 0 aromatic heterocycles. The second-order valence-corrected chi connectivity index (χ2v) is 2.18. The van der Waals surface area contributed by atoms with Gasteiger partial charge in [-0.1, -0.05) is 0 Å². The minimum atomic E-state index is -2.43. The van der Waals surface area contributed by atoms with Crippen LogP contribution in [0.4, 0.5) is 27.6 Å². The molecule has 3 nitrogen and oxygen atoms in total. The molecule has 0 heterocycles. The van der Waals surface area contributed by atoms with Crippen molar-refractivity contribution >= 4 is 5.69 Å². The van der Waals surface area contributed by atoms with Gasteiger partial charge in [0.15, 0.2) is 0 Å². The highest BCUT2D eigenvalue weighted by molar-refractivity contribution is 5.35. The summed E-state index contributed by atoms with van der Waals surface area (Å²) in [6.45, 7) is 0. The zero-order valence-electron chi connectivity index (χ0n) is 6.15. The molecule has 1 aromatic rings. The summed E-state index contributed by atoms with van der Waals surface area (Å²) in [5.41, 5.74) is -2.05. The largest absolute Gasteiger partial charge is 0.346 e. The van der Waals surface area contributed by atoms with E-state index in [0.717, 1.165) is 0 Å². The number of nitro benzene ring substituents is 1. The molecule has 0 aliphatic heterocycles. The normalized spacial score (nSPS) is 10.4. The average molecular weight is 214 g/mol. The highest BCUT2D eigenvalue weighted by atomic mass is 19.2. The number of nitro groups is 1. The third-order valence-electron chi connectivity index (χ3n) is 1.37. The Hall–Kier alpha value is -1.73. The lowest BCUT2D eigenvalue weighted by Gasteiger charge is -2.00. The summed E-state index contributed by atoms with van der Waals surface area (Å²) in [4.78, 5) is 8.24. The van der Waals surface area contributed by atoms with Crippen molar-refractivity contribution in [3.05, 3.63) is 39.2 Å². The topological polar surface area (TPSA) is 43.1 Å². The van der Waals surface area contributed by atoms with E-state index >= 15 is 0 Å². The Morgan fingerprint density at radius 3 is 1.36 bits per heavy atom. The van der Waals surface area contributed by atoms with E-state index in [-0.39, 0.29) is 0 Å². The smallest absolute Gasteiger partial charge is 0.258 e. The predicted octanol–water partition coefficient (Wildman–Crippen LogP) is 2.29. The minimum absolute atomic E-state index is 1.68. The fourth-order valence-electron chi connectivity index (χ4n) is 0.754. The molecule has 1 rings (SSSR count). The number of rotatable bonds is 1. The molecular formula is C6F5NO2. The van der Waals surface area contributed by atoms with Gasteiger partial charge in [0.25, 0.3) is 0 Å². The molecule has 0 bridgehead atoms. The fraction of sp³-hybridized carbons (Fsp3) is 0. The first-order valence-electron chi connectivity index (χ1n) is 3.03. The van der Waals surface area contributed by atoms with Crippen LogP contribution in [-0.2, 0) is 0 Å². The van der Waals surface area contributed by atoms with Gasteiger partial charge in [-0.25, -0.2) is 13.2 Å². The van der Waals surface area contributed by atoms with E-state index in [9.17, 15) is 32.1 Å². The molecule has 8 heteroatoms. The third-order valence-corrected chi connectivity index (χ3v) is 1.37. The maximum Gasteiger partial charge on any atom is 0.346 e. The Balaban J connectivity index is 3.68. The van der Waals surface area contributed by atoms with Crippen molar-refractivity contribution in [2.24, 2.45) is 0 Å². The van der Waals surface area contributed by atoms with Gasteiger partial charge < -0.3 is 0 Å².